The zero-order valence-corrected chi connectivity index (χ0v) is 32.5. The number of benzene rings is 3. The van der Waals surface area contributed by atoms with Crippen LogP contribution in [0.15, 0.2) is 98.5 Å². The number of aryl methyl sites for hydroxylation is 2. The molecule has 3 aromatic carbocycles. The van der Waals surface area contributed by atoms with Crippen molar-refractivity contribution in [1.82, 2.24) is 5.32 Å². The number of carboxylic acid groups (broad SMARTS) is 1. The molecule has 4 aliphatic rings. The summed E-state index contributed by atoms with van der Waals surface area (Å²) in [5.41, 5.74) is 5.93. The lowest BCUT2D eigenvalue weighted by Gasteiger charge is -2.41. The van der Waals surface area contributed by atoms with Crippen molar-refractivity contribution in [2.45, 2.75) is 76.3 Å². The van der Waals surface area contributed by atoms with Gasteiger partial charge in [-0.15, -0.1) is 0 Å². The Kier molecular flexibility index (Phi) is 11.5. The summed E-state index contributed by atoms with van der Waals surface area (Å²) >= 11 is 0. The molecule has 308 valence electrons. The summed E-state index contributed by atoms with van der Waals surface area (Å²) in [5, 5.41) is 48.7. The molecule has 4 aromatic rings. The van der Waals surface area contributed by atoms with Crippen LogP contribution in [0.5, 0.6) is 11.5 Å². The van der Waals surface area contributed by atoms with Gasteiger partial charge in [0.05, 0.1) is 16.9 Å². The second kappa shape index (κ2) is 16.9. The van der Waals surface area contributed by atoms with E-state index in [1.165, 1.54) is 36.6 Å². The predicted molar refractivity (Wildman–Crippen MR) is 211 cm³/mol. The van der Waals surface area contributed by atoms with E-state index in [4.69, 9.17) is 23.5 Å². The topological polar surface area (TPSA) is 214 Å². The van der Waals surface area contributed by atoms with Crippen molar-refractivity contribution in [3.05, 3.63) is 111 Å². The van der Waals surface area contributed by atoms with Gasteiger partial charge in [-0.1, -0.05) is 42.2 Å². The normalized spacial score (nSPS) is 24.6. The molecule has 1 saturated heterocycles. The van der Waals surface area contributed by atoms with Gasteiger partial charge in [-0.05, 0) is 74.7 Å². The smallest absolute Gasteiger partial charge is 0.316 e. The number of allylic oxidation sites excluding steroid dienone is 1. The van der Waals surface area contributed by atoms with Crippen LogP contribution in [-0.2, 0) is 23.9 Å². The molecule has 0 amide bonds. The van der Waals surface area contributed by atoms with E-state index in [9.17, 15) is 34.8 Å². The number of rotatable bonds is 13. The maximum Gasteiger partial charge on any atom is 0.316 e. The first-order valence-corrected chi connectivity index (χ1v) is 19.7. The highest BCUT2D eigenvalue weighted by Gasteiger charge is 2.51. The first kappa shape index (κ1) is 40.1. The molecular formula is C44H45N3O12. The van der Waals surface area contributed by atoms with E-state index < -0.39 is 55.2 Å². The molecule has 4 heterocycles. The third-order valence-corrected chi connectivity index (χ3v) is 11.2. The molecule has 15 heteroatoms. The Morgan fingerprint density at radius 2 is 1.75 bits per heavy atom. The number of ether oxygens (including phenoxy) is 3. The summed E-state index contributed by atoms with van der Waals surface area (Å²) in [4.78, 5) is 49.7. The number of nitrogens with zero attached hydrogens (tertiary/aromatic N) is 1. The summed E-state index contributed by atoms with van der Waals surface area (Å²) in [6.07, 6.45) is 1.14. The number of quaternary nitrogens is 1. The number of phenolic OH excluding ortho intramolecular Hbond substituents is 1. The van der Waals surface area contributed by atoms with Gasteiger partial charge in [0.25, 0.3) is 0 Å². The van der Waals surface area contributed by atoms with Crippen LogP contribution in [0, 0.1) is 19.8 Å². The molecular weight excluding hydrogens is 762 g/mol. The monoisotopic (exact) mass is 807 g/mol. The Bertz CT molecular complexity index is 2380. The molecule has 0 spiro atoms. The van der Waals surface area contributed by atoms with Gasteiger partial charge in [-0.25, -0.2) is 4.99 Å². The van der Waals surface area contributed by atoms with E-state index in [1.54, 1.807) is 18.3 Å². The summed E-state index contributed by atoms with van der Waals surface area (Å²) in [5.74, 6) is -4.10. The third-order valence-electron chi connectivity index (χ3n) is 11.2. The van der Waals surface area contributed by atoms with Crippen molar-refractivity contribution in [3.8, 4) is 22.6 Å². The van der Waals surface area contributed by atoms with Crippen LogP contribution >= 0.6 is 0 Å². The number of aliphatic hydroxyl groups excluding tert-OH is 2. The molecule has 1 aliphatic carbocycles. The van der Waals surface area contributed by atoms with E-state index in [0.29, 0.717) is 22.9 Å². The highest BCUT2D eigenvalue weighted by molar-refractivity contribution is 5.93. The number of carboxylic acids is 1. The molecule has 0 radical (unpaired) electrons. The van der Waals surface area contributed by atoms with Gasteiger partial charge in [-0.3, -0.25) is 9.59 Å². The number of nitrogens with one attached hydrogen (secondary N) is 2. The van der Waals surface area contributed by atoms with Crippen LogP contribution in [0.3, 0.4) is 0 Å². The summed E-state index contributed by atoms with van der Waals surface area (Å²) in [7, 11) is 0. The van der Waals surface area contributed by atoms with E-state index >= 15 is 0 Å². The summed E-state index contributed by atoms with van der Waals surface area (Å²) in [6.45, 7) is 3.49. The number of hydrogen-bond acceptors (Lipinski definition) is 14. The van der Waals surface area contributed by atoms with Crippen molar-refractivity contribution < 1.29 is 58.5 Å². The molecule has 8 rings (SSSR count). The number of esters is 1. The van der Waals surface area contributed by atoms with Crippen molar-refractivity contribution in [1.29, 1.82) is 0 Å². The fraction of sp³-hybridized carbons (Fsp3) is 0.364. The SMILES string of the molecule is Cc1cc(C)cc(C2=C3N=CC=C3C[NH+]2OC2C(Oc3ccc4c(=O)c(-c5ccc(O)cc5)coc4c3)OC(COC(=O)C(CNC3CCCC3)C(=O)[O-])C(O)C2O)c1. The fourth-order valence-electron chi connectivity index (χ4n) is 8.17. The van der Waals surface area contributed by atoms with Gasteiger partial charge < -0.3 is 49.2 Å². The molecule has 59 heavy (non-hydrogen) atoms. The minimum atomic E-state index is -1.67. The molecule has 2 fully saturated rings. The van der Waals surface area contributed by atoms with Crippen LogP contribution < -0.4 is 25.7 Å². The Labute approximate surface area is 338 Å². The number of hydroxylamine groups is 2. The Morgan fingerprint density at radius 1 is 1.00 bits per heavy atom. The number of carbonyl (C=O) groups is 2. The van der Waals surface area contributed by atoms with Crippen molar-refractivity contribution in [3.63, 3.8) is 0 Å². The van der Waals surface area contributed by atoms with Crippen LogP contribution in [0.25, 0.3) is 27.8 Å². The number of fused-ring (bicyclic) bond motifs is 2. The van der Waals surface area contributed by atoms with E-state index in [0.717, 1.165) is 53.6 Å². The maximum absolute atomic E-state index is 13.5. The number of aliphatic carboxylic acids is 1. The number of aliphatic hydroxyl groups is 2. The molecule has 15 nitrogen and oxygen atoms in total. The second-order valence-corrected chi connectivity index (χ2v) is 15.5. The van der Waals surface area contributed by atoms with Crippen LogP contribution in [0.2, 0.25) is 0 Å². The number of carbonyl (C=O) groups excluding carboxylic acids is 2. The summed E-state index contributed by atoms with van der Waals surface area (Å²) in [6, 6.07) is 16.8. The average Bonchev–Trinajstić information content (AvgIpc) is 3.96. The molecule has 7 atom stereocenters. The number of phenols is 1. The van der Waals surface area contributed by atoms with E-state index in [-0.39, 0.29) is 46.0 Å². The van der Waals surface area contributed by atoms with E-state index in [2.05, 4.69) is 10.3 Å². The molecule has 1 aromatic heterocycles. The quantitative estimate of drug-likeness (QED) is 0.0962. The van der Waals surface area contributed by atoms with Gasteiger partial charge in [-0.2, -0.15) is 9.90 Å². The maximum atomic E-state index is 13.5. The second-order valence-electron chi connectivity index (χ2n) is 15.5. The van der Waals surface area contributed by atoms with Crippen LogP contribution in [0.4, 0.5) is 0 Å². The Hall–Kier alpha value is -5.68. The minimum absolute atomic E-state index is 0.0532. The lowest BCUT2D eigenvalue weighted by molar-refractivity contribution is -1.04. The van der Waals surface area contributed by atoms with Gasteiger partial charge in [0, 0.05) is 36.0 Å². The van der Waals surface area contributed by atoms with Gasteiger partial charge in [0.15, 0.2) is 11.1 Å². The predicted octanol–water partition coefficient (Wildman–Crippen LogP) is 1.63. The molecule has 7 unspecified atom stereocenters. The molecule has 0 bridgehead atoms. The van der Waals surface area contributed by atoms with Crippen LogP contribution in [0.1, 0.15) is 42.4 Å². The zero-order valence-electron chi connectivity index (χ0n) is 32.5. The Morgan fingerprint density at radius 3 is 2.47 bits per heavy atom. The standard InChI is InChI=1S/C44H45N3O12/c1-23-15-24(2)17-27(16-23)37-36-26(13-14-45-36)20-47(37)59-41-40(51)39(50)35(22-56-43(54)32(42(52)53)19-46-28-5-3-4-6-28)58-44(41)57-30-11-12-31-34(18-30)55-21-33(38(31)49)25-7-9-29(48)10-8-25/h7-18,21,28,32,35,39-41,44,46,48,50-51H,3-6,19-20,22H2,1-2H3,(H,52,53). The summed E-state index contributed by atoms with van der Waals surface area (Å²) < 4.78 is 23.8. The van der Waals surface area contributed by atoms with Crippen molar-refractivity contribution >= 4 is 34.8 Å². The first-order valence-electron chi connectivity index (χ1n) is 19.7. The minimum Gasteiger partial charge on any atom is -0.549 e. The third kappa shape index (κ3) is 8.44. The van der Waals surface area contributed by atoms with Crippen molar-refractivity contribution in [2.24, 2.45) is 10.9 Å². The lowest BCUT2D eigenvalue weighted by Crippen LogP contribution is -3.08. The highest BCUT2D eigenvalue weighted by atomic mass is 16.8. The number of aromatic hydroxyl groups is 1. The molecule has 1 saturated carbocycles. The van der Waals surface area contributed by atoms with Gasteiger partial charge in [0.1, 0.15) is 66.4 Å². The van der Waals surface area contributed by atoms with E-state index in [1.807, 2.05) is 38.1 Å². The lowest BCUT2D eigenvalue weighted by atomic mass is 9.99. The highest BCUT2D eigenvalue weighted by Crippen LogP contribution is 2.32. The first-order chi connectivity index (χ1) is 28.4. The van der Waals surface area contributed by atoms with Crippen LogP contribution in [-0.4, -0.2) is 89.9 Å². The largest absolute Gasteiger partial charge is 0.549 e. The molecule has 5 N–H and O–H groups in total. The van der Waals surface area contributed by atoms with Gasteiger partial charge >= 0.3 is 5.97 Å². The zero-order chi connectivity index (χ0) is 41.4. The number of aliphatic imine (C=N–C) groups is 1. The average molecular weight is 808 g/mol. The fourth-order valence-corrected chi connectivity index (χ4v) is 8.17. The Balaban J connectivity index is 1.07. The van der Waals surface area contributed by atoms with Gasteiger partial charge in [0.2, 0.25) is 12.4 Å². The molecule has 3 aliphatic heterocycles. The van der Waals surface area contributed by atoms with Crippen molar-refractivity contribution in [2.75, 3.05) is 19.7 Å². The number of hydrogen-bond donors (Lipinski definition) is 5.